The number of halogens is 1. The Morgan fingerprint density at radius 3 is 2.41 bits per heavy atom. The molecule has 27 heavy (non-hydrogen) atoms. The Balaban J connectivity index is 1.28. The summed E-state index contributed by atoms with van der Waals surface area (Å²) >= 11 is 3.70. The molecular formula is C23H24BrN3. The third kappa shape index (κ3) is 2.49. The zero-order valence-corrected chi connectivity index (χ0v) is 16.9. The van der Waals surface area contributed by atoms with Crippen LogP contribution in [0.15, 0.2) is 30.3 Å². The van der Waals surface area contributed by atoms with E-state index in [1.165, 1.54) is 60.4 Å². The minimum absolute atomic E-state index is 0.164. The van der Waals surface area contributed by atoms with Gasteiger partial charge in [0.2, 0.25) is 0 Å². The van der Waals surface area contributed by atoms with Gasteiger partial charge in [-0.15, -0.1) is 0 Å². The minimum atomic E-state index is 0.164. The molecule has 5 aliphatic rings. The van der Waals surface area contributed by atoms with Crippen molar-refractivity contribution in [1.82, 2.24) is 5.32 Å². The maximum atomic E-state index is 8.65. The highest BCUT2D eigenvalue weighted by atomic mass is 79.9. The first kappa shape index (κ1) is 16.2. The summed E-state index contributed by atoms with van der Waals surface area (Å²) in [5.41, 5.74) is 3.61. The van der Waals surface area contributed by atoms with E-state index in [0.717, 1.165) is 27.9 Å². The van der Waals surface area contributed by atoms with Crippen LogP contribution < -0.4 is 10.6 Å². The SMILES string of the molecule is N=C(Nc1ccc2cccc3c2c1C=C3Br)NC12CC3CC(CC(C3)C1)C2. The molecule has 0 atom stereocenters. The lowest BCUT2D eigenvalue weighted by atomic mass is 9.53. The Labute approximate surface area is 168 Å². The number of nitrogens with one attached hydrogen (secondary N) is 3. The molecule has 0 aromatic heterocycles. The molecule has 4 bridgehead atoms. The fourth-order valence-electron chi connectivity index (χ4n) is 6.76. The van der Waals surface area contributed by atoms with Gasteiger partial charge in [-0.1, -0.05) is 40.2 Å². The van der Waals surface area contributed by atoms with Crippen LogP contribution in [0.5, 0.6) is 0 Å². The highest BCUT2D eigenvalue weighted by Crippen LogP contribution is 2.55. The second-order valence-corrected chi connectivity index (χ2v) is 10.1. The summed E-state index contributed by atoms with van der Waals surface area (Å²) < 4.78 is 1.12. The molecular weight excluding hydrogens is 398 g/mol. The Bertz CT molecular complexity index is 971. The molecule has 0 radical (unpaired) electrons. The van der Waals surface area contributed by atoms with Crippen LogP contribution in [0.25, 0.3) is 21.3 Å². The van der Waals surface area contributed by atoms with Gasteiger partial charge >= 0.3 is 0 Å². The standard InChI is InChI=1S/C23H24BrN3/c24-19-9-18-20(5-4-16-2-1-3-17(19)21(16)18)26-22(25)27-23-10-13-6-14(11-23)8-15(7-13)12-23/h1-5,9,13-15H,6-8,10-12H2,(H3,25,26,27). The number of anilines is 1. The van der Waals surface area contributed by atoms with Crippen molar-refractivity contribution in [2.24, 2.45) is 17.8 Å². The zero-order chi connectivity index (χ0) is 18.2. The lowest BCUT2D eigenvalue weighted by molar-refractivity contribution is -0.0101. The van der Waals surface area contributed by atoms with Crippen molar-refractivity contribution in [1.29, 1.82) is 5.41 Å². The Kier molecular flexibility index (Phi) is 3.36. The lowest BCUT2D eigenvalue weighted by Crippen LogP contribution is -2.60. The highest BCUT2D eigenvalue weighted by Gasteiger charge is 2.51. The quantitative estimate of drug-likeness (QED) is 0.414. The summed E-state index contributed by atoms with van der Waals surface area (Å²) in [6.07, 6.45) is 10.2. The van der Waals surface area contributed by atoms with Crippen LogP contribution in [0.3, 0.4) is 0 Å². The molecule has 0 unspecified atom stereocenters. The van der Waals surface area contributed by atoms with Gasteiger partial charge in [-0.05, 0) is 84.8 Å². The molecule has 4 saturated carbocycles. The van der Waals surface area contributed by atoms with Gasteiger partial charge in [-0.3, -0.25) is 5.41 Å². The molecule has 0 spiro atoms. The van der Waals surface area contributed by atoms with Crippen LogP contribution in [-0.2, 0) is 0 Å². The predicted octanol–water partition coefficient (Wildman–Crippen LogP) is 5.95. The van der Waals surface area contributed by atoms with Gasteiger partial charge in [0.25, 0.3) is 0 Å². The number of benzene rings is 2. The summed E-state index contributed by atoms with van der Waals surface area (Å²) in [6, 6.07) is 10.7. The molecule has 138 valence electrons. The number of guanidine groups is 1. The summed E-state index contributed by atoms with van der Waals surface area (Å²) in [7, 11) is 0. The topological polar surface area (TPSA) is 47.9 Å². The van der Waals surface area contributed by atoms with E-state index in [9.17, 15) is 0 Å². The van der Waals surface area contributed by atoms with Crippen LogP contribution in [0, 0.1) is 23.2 Å². The van der Waals surface area contributed by atoms with Crippen molar-refractivity contribution in [2.75, 3.05) is 5.32 Å². The largest absolute Gasteiger partial charge is 0.351 e. The molecule has 4 fully saturated rings. The monoisotopic (exact) mass is 421 g/mol. The van der Waals surface area contributed by atoms with Gasteiger partial charge in [0.1, 0.15) is 0 Å². The average Bonchev–Trinajstić information content (AvgIpc) is 2.94. The highest BCUT2D eigenvalue weighted by molar-refractivity contribution is 9.15. The molecule has 0 amide bonds. The van der Waals surface area contributed by atoms with E-state index in [2.05, 4.69) is 63.0 Å². The van der Waals surface area contributed by atoms with Crippen molar-refractivity contribution < 1.29 is 0 Å². The Hall–Kier alpha value is -1.81. The normalized spacial score (nSPS) is 32.6. The molecule has 0 saturated heterocycles. The lowest BCUT2D eigenvalue weighted by Gasteiger charge is -2.57. The first-order valence-electron chi connectivity index (χ1n) is 10.2. The van der Waals surface area contributed by atoms with Crippen LogP contribution >= 0.6 is 15.9 Å². The molecule has 0 heterocycles. The van der Waals surface area contributed by atoms with Gasteiger partial charge < -0.3 is 10.6 Å². The van der Waals surface area contributed by atoms with Crippen LogP contribution in [0.2, 0.25) is 0 Å². The second kappa shape index (κ2) is 5.60. The molecule has 3 N–H and O–H groups in total. The van der Waals surface area contributed by atoms with Crippen molar-refractivity contribution in [3.8, 4) is 0 Å². The van der Waals surface area contributed by atoms with E-state index in [0.29, 0.717) is 5.96 Å². The van der Waals surface area contributed by atoms with Crippen LogP contribution in [-0.4, -0.2) is 11.5 Å². The van der Waals surface area contributed by atoms with Gasteiger partial charge in [0.05, 0.1) is 0 Å². The van der Waals surface area contributed by atoms with Gasteiger partial charge in [-0.25, -0.2) is 0 Å². The van der Waals surface area contributed by atoms with Crippen LogP contribution in [0.4, 0.5) is 5.69 Å². The van der Waals surface area contributed by atoms with Gasteiger partial charge in [-0.2, -0.15) is 0 Å². The summed E-state index contributed by atoms with van der Waals surface area (Å²) in [6.45, 7) is 0. The van der Waals surface area contributed by atoms with Crippen molar-refractivity contribution in [3.63, 3.8) is 0 Å². The zero-order valence-electron chi connectivity index (χ0n) is 15.3. The molecule has 2 aromatic rings. The number of rotatable bonds is 2. The number of hydrogen-bond acceptors (Lipinski definition) is 1. The maximum absolute atomic E-state index is 8.65. The molecule has 0 aliphatic heterocycles. The van der Waals surface area contributed by atoms with E-state index in [4.69, 9.17) is 5.41 Å². The third-order valence-corrected chi connectivity index (χ3v) is 7.96. The molecule has 4 heteroatoms. The van der Waals surface area contributed by atoms with Crippen molar-refractivity contribution in [3.05, 3.63) is 41.5 Å². The average molecular weight is 422 g/mol. The molecule has 2 aromatic carbocycles. The van der Waals surface area contributed by atoms with Gasteiger partial charge in [0.15, 0.2) is 5.96 Å². The van der Waals surface area contributed by atoms with E-state index in [1.54, 1.807) is 0 Å². The Morgan fingerprint density at radius 1 is 1.00 bits per heavy atom. The van der Waals surface area contributed by atoms with Crippen LogP contribution in [0.1, 0.15) is 49.7 Å². The minimum Gasteiger partial charge on any atom is -0.351 e. The van der Waals surface area contributed by atoms with E-state index in [1.807, 2.05) is 0 Å². The summed E-state index contributed by atoms with van der Waals surface area (Å²) in [5.74, 6) is 3.12. The fourth-order valence-corrected chi connectivity index (χ4v) is 7.32. The number of hydrogen-bond donors (Lipinski definition) is 3. The fraction of sp³-hybridized carbons (Fsp3) is 0.435. The smallest absolute Gasteiger partial charge is 0.193 e. The van der Waals surface area contributed by atoms with Crippen molar-refractivity contribution in [2.45, 2.75) is 44.1 Å². The molecule has 7 rings (SSSR count). The molecule has 5 aliphatic carbocycles. The maximum Gasteiger partial charge on any atom is 0.193 e. The van der Waals surface area contributed by atoms with Crippen molar-refractivity contribution >= 4 is 48.9 Å². The van der Waals surface area contributed by atoms with E-state index >= 15 is 0 Å². The first-order chi connectivity index (χ1) is 13.1. The van der Waals surface area contributed by atoms with E-state index in [-0.39, 0.29) is 5.54 Å². The summed E-state index contributed by atoms with van der Waals surface area (Å²) in [4.78, 5) is 0. The first-order valence-corrected chi connectivity index (χ1v) is 10.9. The second-order valence-electron chi connectivity index (χ2n) is 9.25. The van der Waals surface area contributed by atoms with Gasteiger partial charge in [0, 0.05) is 21.3 Å². The molecule has 3 nitrogen and oxygen atoms in total. The summed E-state index contributed by atoms with van der Waals surface area (Å²) in [5, 5.41) is 18.2. The van der Waals surface area contributed by atoms with E-state index < -0.39 is 0 Å². The Morgan fingerprint density at radius 2 is 1.70 bits per heavy atom. The third-order valence-electron chi connectivity index (χ3n) is 7.30. The predicted molar refractivity (Wildman–Crippen MR) is 116 cm³/mol.